The number of aliphatic carboxylic acids is 1. The van der Waals surface area contributed by atoms with Crippen LogP contribution in [0.5, 0.6) is 0 Å². The van der Waals surface area contributed by atoms with Crippen LogP contribution in [0.25, 0.3) is 6.08 Å². The van der Waals surface area contributed by atoms with Crippen molar-refractivity contribution in [3.63, 3.8) is 0 Å². The second kappa shape index (κ2) is 7.13. The first-order valence-electron chi connectivity index (χ1n) is 5.71. The van der Waals surface area contributed by atoms with Crippen molar-refractivity contribution < 1.29 is 14.7 Å². The molecular formula is C14H16N2O3. The molecule has 1 atom stereocenters. The molecule has 0 heterocycles. The molecule has 1 amide bonds. The number of carbonyl (C=O) groups is 2. The number of carboxylic acid groups (broad SMARTS) is 1. The molecule has 5 heteroatoms. The third-order valence-corrected chi connectivity index (χ3v) is 2.33. The van der Waals surface area contributed by atoms with Crippen LogP contribution >= 0.6 is 0 Å². The van der Waals surface area contributed by atoms with Gasteiger partial charge in [-0.15, -0.1) is 6.58 Å². The molecule has 0 saturated heterocycles. The molecule has 0 aliphatic rings. The molecule has 0 aliphatic carbocycles. The lowest BCUT2D eigenvalue weighted by Crippen LogP contribution is -2.35. The van der Waals surface area contributed by atoms with Crippen molar-refractivity contribution in [3.8, 4) is 0 Å². The average molecular weight is 260 g/mol. The van der Waals surface area contributed by atoms with Gasteiger partial charge in [0.15, 0.2) is 0 Å². The van der Waals surface area contributed by atoms with Gasteiger partial charge in [0.25, 0.3) is 0 Å². The molecular weight excluding hydrogens is 244 g/mol. The zero-order chi connectivity index (χ0) is 14.3. The predicted molar refractivity (Wildman–Crippen MR) is 74.5 cm³/mol. The molecule has 1 aromatic carbocycles. The Morgan fingerprint density at radius 1 is 1.47 bits per heavy atom. The fourth-order valence-corrected chi connectivity index (χ4v) is 1.41. The van der Waals surface area contributed by atoms with Gasteiger partial charge >= 0.3 is 5.97 Å². The fourth-order valence-electron chi connectivity index (χ4n) is 1.41. The van der Waals surface area contributed by atoms with E-state index in [9.17, 15) is 9.59 Å². The number of carboxylic acids is 1. The molecule has 1 unspecified atom stereocenters. The standard InChI is InChI=1S/C14H16N2O3/c1-2-4-12(15)14(19)16-11-6-3-5-10(9-11)7-8-13(17)18/h2-3,5-9,12H,1,4,15H2,(H,16,19)(H,17,18)/b8-7+. The third kappa shape index (κ3) is 5.18. The van der Waals surface area contributed by atoms with Crippen molar-refractivity contribution in [2.45, 2.75) is 12.5 Å². The Morgan fingerprint density at radius 2 is 2.21 bits per heavy atom. The van der Waals surface area contributed by atoms with Gasteiger partial charge < -0.3 is 16.2 Å². The minimum absolute atomic E-state index is 0.306. The summed E-state index contributed by atoms with van der Waals surface area (Å²) in [5, 5.41) is 11.2. The van der Waals surface area contributed by atoms with Gasteiger partial charge in [0, 0.05) is 11.8 Å². The number of amides is 1. The van der Waals surface area contributed by atoms with Crippen LogP contribution in [-0.4, -0.2) is 23.0 Å². The minimum atomic E-state index is -1.03. The lowest BCUT2D eigenvalue weighted by Gasteiger charge is -2.10. The molecule has 5 nitrogen and oxygen atoms in total. The van der Waals surface area contributed by atoms with Crippen LogP contribution in [0.2, 0.25) is 0 Å². The van der Waals surface area contributed by atoms with Crippen molar-refractivity contribution in [3.05, 3.63) is 48.6 Å². The summed E-state index contributed by atoms with van der Waals surface area (Å²) in [7, 11) is 0. The van der Waals surface area contributed by atoms with E-state index in [1.807, 2.05) is 0 Å². The van der Waals surface area contributed by atoms with Gasteiger partial charge in [-0.05, 0) is 30.2 Å². The van der Waals surface area contributed by atoms with Gasteiger partial charge in [-0.25, -0.2) is 4.79 Å². The maximum absolute atomic E-state index is 11.7. The molecule has 0 radical (unpaired) electrons. The van der Waals surface area contributed by atoms with E-state index < -0.39 is 12.0 Å². The molecule has 0 aliphatic heterocycles. The number of anilines is 1. The molecule has 0 spiro atoms. The van der Waals surface area contributed by atoms with Gasteiger partial charge in [-0.2, -0.15) is 0 Å². The number of carbonyl (C=O) groups excluding carboxylic acids is 1. The molecule has 0 saturated carbocycles. The van der Waals surface area contributed by atoms with E-state index >= 15 is 0 Å². The van der Waals surface area contributed by atoms with E-state index in [-0.39, 0.29) is 5.91 Å². The lowest BCUT2D eigenvalue weighted by atomic mass is 10.1. The zero-order valence-electron chi connectivity index (χ0n) is 10.4. The number of rotatable bonds is 6. The first kappa shape index (κ1) is 14.7. The quantitative estimate of drug-likeness (QED) is 0.535. The van der Waals surface area contributed by atoms with Crippen molar-refractivity contribution in [2.75, 3.05) is 5.32 Å². The Bertz CT molecular complexity index is 509. The summed E-state index contributed by atoms with van der Waals surface area (Å²) in [6.45, 7) is 3.52. The number of nitrogens with two attached hydrogens (primary N) is 1. The summed E-state index contributed by atoms with van der Waals surface area (Å²) in [5.41, 5.74) is 6.88. The van der Waals surface area contributed by atoms with Crippen molar-refractivity contribution in [1.29, 1.82) is 0 Å². The van der Waals surface area contributed by atoms with E-state index in [0.717, 1.165) is 6.08 Å². The van der Waals surface area contributed by atoms with E-state index in [1.54, 1.807) is 30.3 Å². The molecule has 1 aromatic rings. The van der Waals surface area contributed by atoms with E-state index in [2.05, 4.69) is 11.9 Å². The van der Waals surface area contributed by atoms with Gasteiger partial charge in [0.2, 0.25) is 5.91 Å². The fraction of sp³-hybridized carbons (Fsp3) is 0.143. The average Bonchev–Trinajstić information content (AvgIpc) is 2.37. The van der Waals surface area contributed by atoms with E-state index in [4.69, 9.17) is 10.8 Å². The molecule has 0 aromatic heterocycles. The van der Waals surface area contributed by atoms with Crippen LogP contribution in [0, 0.1) is 0 Å². The van der Waals surface area contributed by atoms with Crippen LogP contribution in [0.15, 0.2) is 43.0 Å². The highest BCUT2D eigenvalue weighted by Gasteiger charge is 2.11. The summed E-state index contributed by atoms with van der Waals surface area (Å²) in [6.07, 6.45) is 4.45. The van der Waals surface area contributed by atoms with Gasteiger partial charge in [0.05, 0.1) is 6.04 Å². The Morgan fingerprint density at radius 3 is 2.84 bits per heavy atom. The molecule has 1 rings (SSSR count). The van der Waals surface area contributed by atoms with Crippen molar-refractivity contribution >= 4 is 23.6 Å². The van der Waals surface area contributed by atoms with Gasteiger partial charge in [-0.3, -0.25) is 4.79 Å². The smallest absolute Gasteiger partial charge is 0.328 e. The zero-order valence-corrected chi connectivity index (χ0v) is 10.4. The highest BCUT2D eigenvalue weighted by Crippen LogP contribution is 2.12. The summed E-state index contributed by atoms with van der Waals surface area (Å²) >= 11 is 0. The second-order valence-corrected chi connectivity index (χ2v) is 3.92. The molecule has 0 fully saturated rings. The summed E-state index contributed by atoms with van der Waals surface area (Å²) in [6, 6.07) is 6.18. The maximum atomic E-state index is 11.7. The van der Waals surface area contributed by atoms with Gasteiger partial charge in [-0.1, -0.05) is 18.2 Å². The summed E-state index contributed by atoms with van der Waals surface area (Å²) in [5.74, 6) is -1.33. The van der Waals surface area contributed by atoms with Crippen LogP contribution in [0.1, 0.15) is 12.0 Å². The molecule has 100 valence electrons. The molecule has 19 heavy (non-hydrogen) atoms. The summed E-state index contributed by atoms with van der Waals surface area (Å²) < 4.78 is 0. The molecule has 0 bridgehead atoms. The Labute approximate surface area is 111 Å². The SMILES string of the molecule is C=CCC(N)C(=O)Nc1cccc(/C=C/C(=O)O)c1. The van der Waals surface area contributed by atoms with Crippen LogP contribution in [0.4, 0.5) is 5.69 Å². The van der Waals surface area contributed by atoms with Crippen LogP contribution in [0.3, 0.4) is 0 Å². The number of nitrogens with one attached hydrogen (secondary N) is 1. The topological polar surface area (TPSA) is 92.4 Å². The third-order valence-electron chi connectivity index (χ3n) is 2.33. The normalized spacial score (nSPS) is 12.1. The Kier molecular flexibility index (Phi) is 5.50. The van der Waals surface area contributed by atoms with Gasteiger partial charge in [0.1, 0.15) is 0 Å². The lowest BCUT2D eigenvalue weighted by molar-refractivity contribution is -0.131. The van der Waals surface area contributed by atoms with Crippen molar-refractivity contribution in [2.24, 2.45) is 5.73 Å². The highest BCUT2D eigenvalue weighted by atomic mass is 16.4. The van der Waals surface area contributed by atoms with E-state index in [0.29, 0.717) is 17.7 Å². The minimum Gasteiger partial charge on any atom is -0.478 e. The van der Waals surface area contributed by atoms with Crippen molar-refractivity contribution in [1.82, 2.24) is 0 Å². The number of hydrogen-bond acceptors (Lipinski definition) is 3. The summed E-state index contributed by atoms with van der Waals surface area (Å²) in [4.78, 5) is 22.1. The molecule has 4 N–H and O–H groups in total. The number of benzene rings is 1. The maximum Gasteiger partial charge on any atom is 0.328 e. The highest BCUT2D eigenvalue weighted by molar-refractivity contribution is 5.95. The predicted octanol–water partition coefficient (Wildman–Crippen LogP) is 1.63. The van der Waals surface area contributed by atoms with Crippen LogP contribution in [-0.2, 0) is 9.59 Å². The second-order valence-electron chi connectivity index (χ2n) is 3.92. The first-order chi connectivity index (χ1) is 9.02. The van der Waals surface area contributed by atoms with Crippen LogP contribution < -0.4 is 11.1 Å². The Balaban J connectivity index is 2.74. The monoisotopic (exact) mass is 260 g/mol. The van der Waals surface area contributed by atoms with E-state index in [1.165, 1.54) is 6.08 Å². The Hall–Kier alpha value is -2.40. The number of hydrogen-bond donors (Lipinski definition) is 3. The first-order valence-corrected chi connectivity index (χ1v) is 5.71. The largest absolute Gasteiger partial charge is 0.478 e.